The van der Waals surface area contributed by atoms with Crippen molar-refractivity contribution in [1.29, 1.82) is 0 Å². The number of carbonyl (C=O) groups is 3. The first-order valence-electron chi connectivity index (χ1n) is 7.17. The highest BCUT2D eigenvalue weighted by atomic mass is 16.7. The van der Waals surface area contributed by atoms with Crippen molar-refractivity contribution in [3.8, 4) is 0 Å². The fourth-order valence-electron chi connectivity index (χ4n) is 2.38. The van der Waals surface area contributed by atoms with Gasteiger partial charge in [0.2, 0.25) is 0 Å². The average molecular weight is 309 g/mol. The van der Waals surface area contributed by atoms with E-state index in [9.17, 15) is 14.4 Å². The number of aromatic nitrogens is 2. The molecule has 7 heteroatoms. The monoisotopic (exact) mass is 309 g/mol. The normalized spacial score (nSPS) is 16.4. The summed E-state index contributed by atoms with van der Waals surface area (Å²) in [6.45, 7) is 0. The Morgan fingerprint density at radius 3 is 2.13 bits per heavy atom. The molecule has 1 aromatic heterocycles. The van der Waals surface area contributed by atoms with E-state index >= 15 is 0 Å². The molecule has 2 aliphatic rings. The third kappa shape index (κ3) is 2.26. The van der Waals surface area contributed by atoms with Crippen LogP contribution in [-0.2, 0) is 4.84 Å². The predicted molar refractivity (Wildman–Crippen MR) is 76.4 cm³/mol. The van der Waals surface area contributed by atoms with Crippen LogP contribution in [0.25, 0.3) is 0 Å². The van der Waals surface area contributed by atoms with Crippen molar-refractivity contribution in [3.63, 3.8) is 0 Å². The largest absolute Gasteiger partial charge is 0.367 e. The van der Waals surface area contributed by atoms with Crippen molar-refractivity contribution in [2.75, 3.05) is 0 Å². The molecular formula is C16H11N3O4. The molecule has 1 aliphatic carbocycles. The molecule has 0 N–H and O–H groups in total. The zero-order valence-electron chi connectivity index (χ0n) is 11.9. The van der Waals surface area contributed by atoms with Crippen LogP contribution in [0.3, 0.4) is 0 Å². The van der Waals surface area contributed by atoms with Gasteiger partial charge in [0.15, 0.2) is 0 Å². The zero-order valence-corrected chi connectivity index (χ0v) is 11.9. The SMILES string of the molecule is O=C(ON1C(=O)c2ccccc2C1=O)c1cnc(C2CC2)nc1. The van der Waals surface area contributed by atoms with E-state index in [-0.39, 0.29) is 16.7 Å². The molecule has 0 bridgehead atoms. The van der Waals surface area contributed by atoms with Gasteiger partial charge in [-0.3, -0.25) is 9.59 Å². The molecule has 7 nitrogen and oxygen atoms in total. The molecule has 1 aliphatic heterocycles. The number of rotatable bonds is 3. The summed E-state index contributed by atoms with van der Waals surface area (Å²) in [7, 11) is 0. The number of nitrogens with zero attached hydrogens (tertiary/aromatic N) is 3. The Bertz CT molecular complexity index is 792. The Labute approximate surface area is 130 Å². The number of hydrogen-bond acceptors (Lipinski definition) is 6. The number of fused-ring (bicyclic) bond motifs is 1. The van der Waals surface area contributed by atoms with Crippen LogP contribution < -0.4 is 0 Å². The van der Waals surface area contributed by atoms with Gasteiger partial charge in [0.05, 0.1) is 16.7 Å². The third-order valence-corrected chi connectivity index (χ3v) is 3.78. The van der Waals surface area contributed by atoms with Crippen molar-refractivity contribution < 1.29 is 19.2 Å². The van der Waals surface area contributed by atoms with Gasteiger partial charge in [-0.15, -0.1) is 0 Å². The number of benzene rings is 1. The topological polar surface area (TPSA) is 89.5 Å². The molecule has 0 unspecified atom stereocenters. The Hall–Kier alpha value is -3.09. The summed E-state index contributed by atoms with van der Waals surface area (Å²) < 4.78 is 0. The molecule has 0 atom stereocenters. The molecule has 0 saturated heterocycles. The minimum atomic E-state index is -0.846. The van der Waals surface area contributed by atoms with Gasteiger partial charge in [-0.1, -0.05) is 17.2 Å². The van der Waals surface area contributed by atoms with Crippen LogP contribution in [0.15, 0.2) is 36.7 Å². The van der Waals surface area contributed by atoms with Gasteiger partial charge in [0.25, 0.3) is 11.8 Å². The zero-order chi connectivity index (χ0) is 16.0. The first kappa shape index (κ1) is 13.6. The van der Waals surface area contributed by atoms with Crippen molar-refractivity contribution in [2.24, 2.45) is 0 Å². The molecule has 114 valence electrons. The molecule has 2 aromatic rings. The van der Waals surface area contributed by atoms with Gasteiger partial charge in [0.1, 0.15) is 5.82 Å². The molecule has 1 saturated carbocycles. The van der Waals surface area contributed by atoms with E-state index in [1.807, 2.05) is 0 Å². The second-order valence-corrected chi connectivity index (χ2v) is 5.43. The summed E-state index contributed by atoms with van der Waals surface area (Å²) in [5.41, 5.74) is 0.516. The molecule has 4 rings (SSSR count). The minimum absolute atomic E-state index is 0.0888. The van der Waals surface area contributed by atoms with E-state index in [0.29, 0.717) is 16.8 Å². The Morgan fingerprint density at radius 1 is 1.04 bits per heavy atom. The molecule has 0 radical (unpaired) electrons. The molecule has 0 spiro atoms. The summed E-state index contributed by atoms with van der Waals surface area (Å²) in [5.74, 6) is -1.09. The summed E-state index contributed by atoms with van der Waals surface area (Å²) in [5, 5.41) is 0.474. The third-order valence-electron chi connectivity index (χ3n) is 3.78. The number of amides is 2. The van der Waals surface area contributed by atoms with E-state index in [4.69, 9.17) is 4.84 Å². The van der Waals surface area contributed by atoms with Crippen molar-refractivity contribution in [1.82, 2.24) is 15.0 Å². The highest BCUT2D eigenvalue weighted by Crippen LogP contribution is 2.37. The lowest BCUT2D eigenvalue weighted by Gasteiger charge is -2.12. The highest BCUT2D eigenvalue weighted by Gasteiger charge is 2.39. The van der Waals surface area contributed by atoms with E-state index in [2.05, 4.69) is 9.97 Å². The summed E-state index contributed by atoms with van der Waals surface area (Å²) in [4.78, 5) is 49.5. The second kappa shape index (κ2) is 4.98. The first-order chi connectivity index (χ1) is 11.1. The average Bonchev–Trinajstić information content (AvgIpc) is 3.40. The fraction of sp³-hybridized carbons (Fsp3) is 0.188. The highest BCUT2D eigenvalue weighted by molar-refractivity contribution is 6.21. The van der Waals surface area contributed by atoms with E-state index in [0.717, 1.165) is 12.8 Å². The van der Waals surface area contributed by atoms with E-state index in [1.54, 1.807) is 12.1 Å². The van der Waals surface area contributed by atoms with Crippen LogP contribution in [-0.4, -0.2) is 32.8 Å². The molecular weight excluding hydrogens is 298 g/mol. The Morgan fingerprint density at radius 2 is 1.61 bits per heavy atom. The maximum atomic E-state index is 12.1. The van der Waals surface area contributed by atoms with Gasteiger partial charge >= 0.3 is 5.97 Å². The van der Waals surface area contributed by atoms with Gasteiger partial charge in [0, 0.05) is 18.3 Å². The smallest absolute Gasteiger partial charge is 0.324 e. The molecule has 1 aromatic carbocycles. The van der Waals surface area contributed by atoms with Crippen LogP contribution in [0.2, 0.25) is 0 Å². The molecule has 2 amide bonds. The quantitative estimate of drug-likeness (QED) is 0.802. The predicted octanol–water partition coefficient (Wildman–Crippen LogP) is 1.72. The first-order valence-corrected chi connectivity index (χ1v) is 7.17. The summed E-state index contributed by atoms with van der Waals surface area (Å²) in [6.07, 6.45) is 4.81. The minimum Gasteiger partial charge on any atom is -0.324 e. The molecule has 1 fully saturated rings. The lowest BCUT2D eigenvalue weighted by atomic mass is 10.1. The van der Waals surface area contributed by atoms with Crippen LogP contribution >= 0.6 is 0 Å². The standard InChI is InChI=1S/C16H11N3O4/c20-14-11-3-1-2-4-12(11)15(21)19(14)23-16(22)10-7-17-13(18-8-10)9-5-6-9/h1-4,7-9H,5-6H2. The maximum absolute atomic E-state index is 12.1. The van der Waals surface area contributed by atoms with Crippen LogP contribution in [0, 0.1) is 0 Å². The van der Waals surface area contributed by atoms with Crippen molar-refractivity contribution >= 4 is 17.8 Å². The van der Waals surface area contributed by atoms with E-state index < -0.39 is 17.8 Å². The van der Waals surface area contributed by atoms with Gasteiger partial charge < -0.3 is 4.84 Å². The van der Waals surface area contributed by atoms with Crippen molar-refractivity contribution in [2.45, 2.75) is 18.8 Å². The van der Waals surface area contributed by atoms with Gasteiger partial charge in [-0.05, 0) is 25.0 Å². The second-order valence-electron chi connectivity index (χ2n) is 5.43. The van der Waals surface area contributed by atoms with E-state index in [1.165, 1.54) is 24.5 Å². The Balaban J connectivity index is 1.53. The number of hydroxylamine groups is 2. The van der Waals surface area contributed by atoms with Crippen LogP contribution in [0.4, 0.5) is 0 Å². The summed E-state index contributed by atoms with van der Waals surface area (Å²) >= 11 is 0. The maximum Gasteiger partial charge on any atom is 0.367 e. The lowest BCUT2D eigenvalue weighted by Crippen LogP contribution is -2.32. The Kier molecular flexibility index (Phi) is 2.94. The molecule has 2 heterocycles. The van der Waals surface area contributed by atoms with Crippen LogP contribution in [0.1, 0.15) is 55.7 Å². The fourth-order valence-corrected chi connectivity index (χ4v) is 2.38. The summed E-state index contributed by atoms with van der Waals surface area (Å²) in [6, 6.07) is 6.30. The number of hydrogen-bond donors (Lipinski definition) is 0. The molecule has 23 heavy (non-hydrogen) atoms. The number of imide groups is 1. The van der Waals surface area contributed by atoms with Gasteiger partial charge in [-0.2, -0.15) is 0 Å². The van der Waals surface area contributed by atoms with Gasteiger partial charge in [-0.25, -0.2) is 14.8 Å². The van der Waals surface area contributed by atoms with Crippen molar-refractivity contribution in [3.05, 3.63) is 59.2 Å². The number of carbonyl (C=O) groups excluding carboxylic acids is 3. The van der Waals surface area contributed by atoms with Crippen LogP contribution in [0.5, 0.6) is 0 Å². The lowest BCUT2D eigenvalue weighted by molar-refractivity contribution is -0.0585.